The van der Waals surface area contributed by atoms with E-state index in [1.54, 1.807) is 30.3 Å². The van der Waals surface area contributed by atoms with E-state index in [4.69, 9.17) is 21.1 Å². The zero-order valence-electron chi connectivity index (χ0n) is 21.0. The highest BCUT2D eigenvalue weighted by Gasteiger charge is 2.37. The number of halogens is 2. The van der Waals surface area contributed by atoms with Crippen LogP contribution >= 0.6 is 34.2 Å². The van der Waals surface area contributed by atoms with Crippen LogP contribution in [0.25, 0.3) is 16.8 Å². The molecule has 0 aliphatic carbocycles. The van der Waals surface area contributed by atoms with E-state index < -0.39 is 17.8 Å². The van der Waals surface area contributed by atoms with E-state index in [0.717, 1.165) is 30.4 Å². The van der Waals surface area contributed by atoms with Gasteiger partial charge in [0.25, 0.3) is 11.8 Å². The van der Waals surface area contributed by atoms with Gasteiger partial charge in [0.15, 0.2) is 11.5 Å². The van der Waals surface area contributed by atoms with Crippen molar-refractivity contribution in [1.82, 2.24) is 5.32 Å². The average Bonchev–Trinajstić information content (AvgIpc) is 2.92. The topological polar surface area (TPSA) is 84.9 Å². The largest absolute Gasteiger partial charge is 0.493 e. The summed E-state index contributed by atoms with van der Waals surface area (Å²) in [4.78, 5) is 39.3. The van der Waals surface area contributed by atoms with Crippen LogP contribution in [-0.4, -0.2) is 25.0 Å². The highest BCUT2D eigenvalue weighted by molar-refractivity contribution is 14.1. The summed E-state index contributed by atoms with van der Waals surface area (Å²) in [7, 11) is 1.52. The molecular formula is C30H22ClIN2O5. The van der Waals surface area contributed by atoms with E-state index in [1.165, 1.54) is 19.3 Å². The average molecular weight is 653 g/mol. The molecule has 196 valence electrons. The van der Waals surface area contributed by atoms with Gasteiger partial charge in [-0.05, 0) is 81.8 Å². The molecule has 1 aliphatic rings. The Hall–Kier alpha value is -3.89. The number of imide groups is 2. The monoisotopic (exact) mass is 652 g/mol. The molecule has 0 bridgehead atoms. The van der Waals surface area contributed by atoms with Crippen LogP contribution in [0, 0.1) is 10.5 Å². The lowest BCUT2D eigenvalue weighted by atomic mass is 10.0. The molecule has 1 saturated heterocycles. The molecule has 1 N–H and O–H groups in total. The number of barbiturate groups is 1. The molecule has 0 spiro atoms. The first kappa shape index (κ1) is 26.7. The van der Waals surface area contributed by atoms with E-state index in [-0.39, 0.29) is 16.3 Å². The van der Waals surface area contributed by atoms with Crippen LogP contribution in [0.3, 0.4) is 0 Å². The molecular weight excluding hydrogens is 631 g/mol. The van der Waals surface area contributed by atoms with Crippen molar-refractivity contribution < 1.29 is 23.9 Å². The fraction of sp³-hybridized carbons (Fsp3) is 0.100. The van der Waals surface area contributed by atoms with Gasteiger partial charge in [0, 0.05) is 5.56 Å². The Balaban J connectivity index is 1.47. The van der Waals surface area contributed by atoms with Crippen molar-refractivity contribution in [3.8, 4) is 11.5 Å². The van der Waals surface area contributed by atoms with Gasteiger partial charge in [0.05, 0.1) is 21.4 Å². The maximum Gasteiger partial charge on any atom is 0.335 e. The number of amides is 4. The number of urea groups is 1. The van der Waals surface area contributed by atoms with Gasteiger partial charge in [-0.25, -0.2) is 9.69 Å². The zero-order chi connectivity index (χ0) is 27.7. The van der Waals surface area contributed by atoms with Gasteiger partial charge in [-0.2, -0.15) is 0 Å². The van der Waals surface area contributed by atoms with Crippen LogP contribution in [0.5, 0.6) is 11.5 Å². The number of rotatable bonds is 6. The van der Waals surface area contributed by atoms with E-state index in [1.807, 2.05) is 19.1 Å². The second kappa shape index (κ2) is 11.1. The Morgan fingerprint density at radius 1 is 1.00 bits per heavy atom. The maximum absolute atomic E-state index is 13.3. The number of hydrogen-bond donors (Lipinski definition) is 1. The first-order chi connectivity index (χ1) is 18.8. The summed E-state index contributed by atoms with van der Waals surface area (Å²) in [6.07, 6.45) is 1.41. The van der Waals surface area contributed by atoms with Crippen molar-refractivity contribution in [2.24, 2.45) is 0 Å². The minimum absolute atomic E-state index is 0.180. The number of fused-ring (bicyclic) bond motifs is 1. The van der Waals surface area contributed by atoms with Crippen LogP contribution in [0.4, 0.5) is 10.5 Å². The fourth-order valence-corrected chi connectivity index (χ4v) is 5.42. The number of carbonyl (C=O) groups is 3. The maximum atomic E-state index is 13.3. The Morgan fingerprint density at radius 2 is 1.74 bits per heavy atom. The van der Waals surface area contributed by atoms with E-state index in [9.17, 15) is 14.4 Å². The molecule has 4 amide bonds. The summed E-state index contributed by atoms with van der Waals surface area (Å²) in [6, 6.07) is 21.3. The number of aryl methyl sites for hydroxylation is 1. The lowest BCUT2D eigenvalue weighted by molar-refractivity contribution is -0.122. The van der Waals surface area contributed by atoms with Crippen molar-refractivity contribution >= 4 is 74.6 Å². The molecule has 39 heavy (non-hydrogen) atoms. The number of nitrogens with one attached hydrogen (secondary N) is 1. The Kier molecular flexibility index (Phi) is 7.58. The molecule has 5 rings (SSSR count). The van der Waals surface area contributed by atoms with Gasteiger partial charge in [0.1, 0.15) is 12.2 Å². The predicted octanol–water partition coefficient (Wildman–Crippen LogP) is 6.66. The number of nitrogens with zero attached hydrogens (tertiary/aromatic N) is 1. The smallest absolute Gasteiger partial charge is 0.335 e. The van der Waals surface area contributed by atoms with Gasteiger partial charge in [-0.1, -0.05) is 60.1 Å². The van der Waals surface area contributed by atoms with E-state index >= 15 is 0 Å². The molecule has 0 atom stereocenters. The Labute approximate surface area is 243 Å². The van der Waals surface area contributed by atoms with Crippen LogP contribution in [-0.2, 0) is 16.2 Å². The van der Waals surface area contributed by atoms with Gasteiger partial charge in [0.2, 0.25) is 0 Å². The fourth-order valence-electron chi connectivity index (χ4n) is 4.42. The van der Waals surface area contributed by atoms with Crippen LogP contribution < -0.4 is 19.7 Å². The molecule has 0 unspecified atom stereocenters. The summed E-state index contributed by atoms with van der Waals surface area (Å²) in [5.74, 6) is -0.596. The van der Waals surface area contributed by atoms with Gasteiger partial charge in [-0.15, -0.1) is 0 Å². The number of methoxy groups -OCH3 is 1. The highest BCUT2D eigenvalue weighted by atomic mass is 127. The third-order valence-electron chi connectivity index (χ3n) is 6.39. The van der Waals surface area contributed by atoms with Crippen molar-refractivity contribution in [2.75, 3.05) is 12.0 Å². The van der Waals surface area contributed by atoms with Crippen molar-refractivity contribution in [1.29, 1.82) is 0 Å². The summed E-state index contributed by atoms with van der Waals surface area (Å²) in [5, 5.41) is 4.66. The third-order valence-corrected chi connectivity index (χ3v) is 7.51. The van der Waals surface area contributed by atoms with Gasteiger partial charge in [-0.3, -0.25) is 14.9 Å². The number of para-hydroxylation sites is 1. The molecule has 0 saturated carbocycles. The highest BCUT2D eigenvalue weighted by Crippen LogP contribution is 2.36. The second-order valence-electron chi connectivity index (χ2n) is 8.81. The molecule has 9 heteroatoms. The number of benzene rings is 4. The number of ether oxygens (including phenoxy) is 2. The van der Waals surface area contributed by atoms with Crippen LogP contribution in [0.1, 0.15) is 16.7 Å². The molecule has 1 aliphatic heterocycles. The minimum Gasteiger partial charge on any atom is -0.493 e. The molecule has 1 fully saturated rings. The quantitative estimate of drug-likeness (QED) is 0.143. The third kappa shape index (κ3) is 5.22. The van der Waals surface area contributed by atoms with E-state index in [0.29, 0.717) is 23.7 Å². The molecule has 4 aromatic carbocycles. The summed E-state index contributed by atoms with van der Waals surface area (Å²) >= 11 is 8.34. The lowest BCUT2D eigenvalue weighted by Gasteiger charge is -2.27. The predicted molar refractivity (Wildman–Crippen MR) is 159 cm³/mol. The summed E-state index contributed by atoms with van der Waals surface area (Å²) < 4.78 is 12.6. The van der Waals surface area contributed by atoms with Crippen LogP contribution in [0.2, 0.25) is 5.02 Å². The SMILES string of the molecule is COc1cc(/C=C2\C(=O)NC(=O)N(c3ccccc3Cl)C2=O)cc(I)c1OCc1c(C)ccc2ccccc12. The zero-order valence-corrected chi connectivity index (χ0v) is 23.9. The minimum atomic E-state index is -0.866. The molecule has 1 heterocycles. The molecule has 0 aromatic heterocycles. The standard InChI is InChI=1S/C30H22ClIN2O5/c1-17-11-12-19-7-3-4-8-20(19)22(17)16-39-27-24(32)14-18(15-26(27)38-2)13-21-28(35)33-30(37)34(29(21)36)25-10-6-5-9-23(25)31/h3-15H,16H2,1-2H3,(H,33,35,37)/b21-13+. The molecule has 7 nitrogen and oxygen atoms in total. The molecule has 4 aromatic rings. The van der Waals surface area contributed by atoms with Gasteiger partial charge >= 0.3 is 6.03 Å². The Bertz CT molecular complexity index is 1680. The van der Waals surface area contributed by atoms with Crippen molar-refractivity contribution in [2.45, 2.75) is 13.5 Å². The summed E-state index contributed by atoms with van der Waals surface area (Å²) in [6.45, 7) is 2.38. The second-order valence-corrected chi connectivity index (χ2v) is 10.4. The number of hydrogen-bond acceptors (Lipinski definition) is 5. The van der Waals surface area contributed by atoms with Crippen LogP contribution in [0.15, 0.2) is 78.4 Å². The summed E-state index contributed by atoms with van der Waals surface area (Å²) in [5.41, 5.74) is 2.68. The van der Waals surface area contributed by atoms with Crippen molar-refractivity contribution in [3.63, 3.8) is 0 Å². The van der Waals surface area contributed by atoms with Gasteiger partial charge < -0.3 is 9.47 Å². The normalized spacial score (nSPS) is 14.6. The first-order valence-electron chi connectivity index (χ1n) is 11.9. The first-order valence-corrected chi connectivity index (χ1v) is 13.4. The number of anilines is 1. The number of carbonyl (C=O) groups excluding carboxylic acids is 3. The molecule has 0 radical (unpaired) electrons. The van der Waals surface area contributed by atoms with Crippen molar-refractivity contribution in [3.05, 3.63) is 104 Å². The Morgan fingerprint density at radius 3 is 2.51 bits per heavy atom. The van der Waals surface area contributed by atoms with E-state index in [2.05, 4.69) is 52.2 Å². The lowest BCUT2D eigenvalue weighted by Crippen LogP contribution is -2.54.